The highest BCUT2D eigenvalue weighted by Gasteiger charge is 2.05. The predicted molar refractivity (Wildman–Crippen MR) is 88.9 cm³/mol. The average molecular weight is 293 g/mol. The molecule has 1 atom stereocenters. The lowest BCUT2D eigenvalue weighted by atomic mass is 10.1. The number of methoxy groups -OCH3 is 1. The summed E-state index contributed by atoms with van der Waals surface area (Å²) < 4.78 is 10.8. The van der Waals surface area contributed by atoms with Gasteiger partial charge < -0.3 is 14.8 Å². The summed E-state index contributed by atoms with van der Waals surface area (Å²) >= 11 is 0. The van der Waals surface area contributed by atoms with E-state index in [1.54, 1.807) is 7.11 Å². The summed E-state index contributed by atoms with van der Waals surface area (Å²) in [5.74, 6) is 1.52. The van der Waals surface area contributed by atoms with E-state index in [4.69, 9.17) is 9.47 Å². The zero-order chi connectivity index (χ0) is 15.5. The zero-order valence-corrected chi connectivity index (χ0v) is 14.0. The van der Waals surface area contributed by atoms with Crippen LogP contribution in [0.25, 0.3) is 0 Å². The summed E-state index contributed by atoms with van der Waals surface area (Å²) in [7, 11) is 1.76. The van der Waals surface area contributed by atoms with Gasteiger partial charge in [-0.1, -0.05) is 26.0 Å². The van der Waals surface area contributed by atoms with Crippen molar-refractivity contribution < 1.29 is 9.47 Å². The highest BCUT2D eigenvalue weighted by molar-refractivity contribution is 5.28. The minimum Gasteiger partial charge on any atom is -0.493 e. The minimum absolute atomic E-state index is 0.381. The third-order valence-electron chi connectivity index (χ3n) is 3.44. The van der Waals surface area contributed by atoms with Crippen LogP contribution in [0, 0.1) is 5.92 Å². The van der Waals surface area contributed by atoms with Gasteiger partial charge in [0.15, 0.2) is 0 Å². The summed E-state index contributed by atoms with van der Waals surface area (Å²) in [5, 5.41) is 3.56. The molecule has 1 rings (SSSR count). The first-order valence-electron chi connectivity index (χ1n) is 8.08. The first-order valence-corrected chi connectivity index (χ1v) is 8.08. The van der Waals surface area contributed by atoms with Crippen molar-refractivity contribution in [1.29, 1.82) is 0 Å². The van der Waals surface area contributed by atoms with Gasteiger partial charge in [0.25, 0.3) is 0 Å². The maximum atomic E-state index is 5.71. The van der Waals surface area contributed by atoms with E-state index >= 15 is 0 Å². The lowest BCUT2D eigenvalue weighted by Gasteiger charge is -2.15. The summed E-state index contributed by atoms with van der Waals surface area (Å²) in [4.78, 5) is 0. The molecule has 0 radical (unpaired) electrons. The summed E-state index contributed by atoms with van der Waals surface area (Å²) in [6.07, 6.45) is 3.56. The van der Waals surface area contributed by atoms with Crippen LogP contribution in [0.3, 0.4) is 0 Å². The Balaban J connectivity index is 2.25. The second kappa shape index (κ2) is 10.6. The number of hydrogen-bond acceptors (Lipinski definition) is 3. The average Bonchev–Trinajstić information content (AvgIpc) is 2.49. The Morgan fingerprint density at radius 1 is 1.00 bits per heavy atom. The van der Waals surface area contributed by atoms with Crippen molar-refractivity contribution in [3.8, 4) is 5.75 Å². The molecular formula is C18H31NO2. The molecule has 1 N–H and O–H groups in total. The van der Waals surface area contributed by atoms with Gasteiger partial charge in [-0.2, -0.15) is 0 Å². The molecule has 0 aliphatic rings. The van der Waals surface area contributed by atoms with Gasteiger partial charge >= 0.3 is 0 Å². The van der Waals surface area contributed by atoms with Crippen molar-refractivity contribution in [3.05, 3.63) is 29.8 Å². The molecule has 0 heterocycles. The molecule has 0 fully saturated rings. The van der Waals surface area contributed by atoms with Gasteiger partial charge in [0, 0.05) is 19.8 Å². The third kappa shape index (κ3) is 8.08. The molecule has 0 saturated heterocycles. The molecule has 1 aromatic carbocycles. The number of nitrogens with one attached hydrogen (secondary N) is 1. The Morgan fingerprint density at radius 3 is 2.33 bits per heavy atom. The molecule has 0 aliphatic heterocycles. The molecule has 1 unspecified atom stereocenters. The Bertz CT molecular complexity index is 362. The van der Waals surface area contributed by atoms with Gasteiger partial charge in [-0.3, -0.25) is 0 Å². The second-order valence-electron chi connectivity index (χ2n) is 6.00. The van der Waals surface area contributed by atoms with Gasteiger partial charge in [-0.25, -0.2) is 0 Å². The molecule has 120 valence electrons. The van der Waals surface area contributed by atoms with Gasteiger partial charge in [0.1, 0.15) is 5.75 Å². The van der Waals surface area contributed by atoms with Crippen molar-refractivity contribution in [1.82, 2.24) is 5.32 Å². The second-order valence-corrected chi connectivity index (χ2v) is 6.00. The maximum absolute atomic E-state index is 5.71. The van der Waals surface area contributed by atoms with Crippen molar-refractivity contribution in [2.45, 2.75) is 46.1 Å². The highest BCUT2D eigenvalue weighted by Crippen LogP contribution is 2.18. The predicted octanol–water partition coefficient (Wildman–Crippen LogP) is 4.19. The molecule has 21 heavy (non-hydrogen) atoms. The van der Waals surface area contributed by atoms with Crippen LogP contribution in [0.5, 0.6) is 5.75 Å². The van der Waals surface area contributed by atoms with Crippen molar-refractivity contribution >= 4 is 0 Å². The van der Waals surface area contributed by atoms with Crippen LogP contribution in [-0.2, 0) is 4.74 Å². The van der Waals surface area contributed by atoms with E-state index in [2.05, 4.69) is 50.4 Å². The summed E-state index contributed by atoms with van der Waals surface area (Å²) in [5.41, 5.74) is 1.31. The standard InChI is InChI=1S/C18H31NO2/c1-15(2)14-21-18-10-8-17(9-11-18)16(3)19-12-6-5-7-13-20-4/h8-11,15-16,19H,5-7,12-14H2,1-4H3. The van der Waals surface area contributed by atoms with Crippen LogP contribution in [0.4, 0.5) is 0 Å². The molecule has 0 aromatic heterocycles. The lowest BCUT2D eigenvalue weighted by Crippen LogP contribution is -2.19. The van der Waals surface area contributed by atoms with Crippen LogP contribution in [-0.4, -0.2) is 26.9 Å². The molecular weight excluding hydrogens is 262 g/mol. The van der Waals surface area contributed by atoms with Crippen molar-refractivity contribution in [2.75, 3.05) is 26.9 Å². The van der Waals surface area contributed by atoms with Gasteiger partial charge in [-0.05, 0) is 56.3 Å². The molecule has 1 aromatic rings. The van der Waals surface area contributed by atoms with E-state index < -0.39 is 0 Å². The molecule has 0 saturated carbocycles. The monoisotopic (exact) mass is 293 g/mol. The molecule has 3 heteroatoms. The van der Waals surface area contributed by atoms with Crippen molar-refractivity contribution in [3.63, 3.8) is 0 Å². The summed E-state index contributed by atoms with van der Waals surface area (Å²) in [6.45, 7) is 9.22. The van der Waals surface area contributed by atoms with E-state index in [1.165, 1.54) is 18.4 Å². The Hall–Kier alpha value is -1.06. The first-order chi connectivity index (χ1) is 10.1. The first kappa shape index (κ1) is 18.0. The van der Waals surface area contributed by atoms with Gasteiger partial charge in [-0.15, -0.1) is 0 Å². The number of benzene rings is 1. The lowest BCUT2D eigenvalue weighted by molar-refractivity contribution is 0.192. The fourth-order valence-electron chi connectivity index (χ4n) is 2.10. The number of ether oxygens (including phenoxy) is 2. The van der Waals surface area contributed by atoms with E-state index in [0.29, 0.717) is 12.0 Å². The molecule has 0 aliphatic carbocycles. The zero-order valence-electron chi connectivity index (χ0n) is 14.0. The molecule has 0 spiro atoms. The van der Waals surface area contributed by atoms with Crippen molar-refractivity contribution in [2.24, 2.45) is 5.92 Å². The van der Waals surface area contributed by atoms with Gasteiger partial charge in [0.2, 0.25) is 0 Å². The largest absolute Gasteiger partial charge is 0.493 e. The summed E-state index contributed by atoms with van der Waals surface area (Å²) in [6, 6.07) is 8.81. The van der Waals surface area contributed by atoms with E-state index in [0.717, 1.165) is 31.9 Å². The minimum atomic E-state index is 0.381. The molecule has 0 amide bonds. The molecule has 0 bridgehead atoms. The van der Waals surface area contributed by atoms with Crippen LogP contribution in [0.15, 0.2) is 24.3 Å². The van der Waals surface area contributed by atoms with Crippen LogP contribution in [0.2, 0.25) is 0 Å². The fraction of sp³-hybridized carbons (Fsp3) is 0.667. The SMILES string of the molecule is COCCCCCNC(C)c1ccc(OCC(C)C)cc1. The van der Waals surface area contributed by atoms with E-state index in [-0.39, 0.29) is 0 Å². The Kier molecular flexibility index (Phi) is 9.11. The van der Waals surface area contributed by atoms with E-state index in [9.17, 15) is 0 Å². The van der Waals surface area contributed by atoms with Gasteiger partial charge in [0.05, 0.1) is 6.61 Å². The van der Waals surface area contributed by atoms with Crippen LogP contribution in [0.1, 0.15) is 51.6 Å². The number of rotatable bonds is 11. The van der Waals surface area contributed by atoms with E-state index in [1.807, 2.05) is 0 Å². The topological polar surface area (TPSA) is 30.5 Å². The Labute approximate surface area is 130 Å². The van der Waals surface area contributed by atoms with Crippen LogP contribution < -0.4 is 10.1 Å². The highest BCUT2D eigenvalue weighted by atomic mass is 16.5. The molecule has 3 nitrogen and oxygen atoms in total. The number of unbranched alkanes of at least 4 members (excludes halogenated alkanes) is 2. The maximum Gasteiger partial charge on any atom is 0.119 e. The quantitative estimate of drug-likeness (QED) is 0.621. The normalized spacial score (nSPS) is 12.6. The third-order valence-corrected chi connectivity index (χ3v) is 3.44. The fourth-order valence-corrected chi connectivity index (χ4v) is 2.10. The smallest absolute Gasteiger partial charge is 0.119 e. The van der Waals surface area contributed by atoms with Crippen LogP contribution >= 0.6 is 0 Å². The number of hydrogen-bond donors (Lipinski definition) is 1. The Morgan fingerprint density at radius 2 is 1.71 bits per heavy atom.